The number of nitrogens with zero attached hydrogens (tertiary/aromatic N) is 2. The van der Waals surface area contributed by atoms with Gasteiger partial charge in [-0.25, -0.2) is 18.2 Å². The van der Waals surface area contributed by atoms with Gasteiger partial charge in [0.2, 0.25) is 27.7 Å². The number of pyridine rings is 1. The van der Waals surface area contributed by atoms with Crippen LogP contribution in [0.3, 0.4) is 0 Å². The summed E-state index contributed by atoms with van der Waals surface area (Å²) in [5.41, 5.74) is -1.54. The number of carbonyl (C=O) groups is 4. The molecule has 1 aromatic heterocycles. The summed E-state index contributed by atoms with van der Waals surface area (Å²) in [5, 5.41) is 16.4. The van der Waals surface area contributed by atoms with Gasteiger partial charge in [0.1, 0.15) is 29.5 Å². The van der Waals surface area contributed by atoms with Crippen LogP contribution in [0.25, 0.3) is 10.8 Å². The third-order valence-electron chi connectivity index (χ3n) is 10.7. The number of benzene rings is 1. The zero-order chi connectivity index (χ0) is 36.0. The second kappa shape index (κ2) is 13.4. The normalized spacial score (nSPS) is 31.6. The number of aromatic nitrogens is 1. The van der Waals surface area contributed by atoms with E-state index in [1.807, 2.05) is 50.3 Å². The topological polar surface area (TPSA) is 193 Å². The molecule has 6 rings (SSSR count). The van der Waals surface area contributed by atoms with Crippen molar-refractivity contribution >= 4 is 44.6 Å². The average Bonchev–Trinajstić information content (AvgIpc) is 3.95. The van der Waals surface area contributed by atoms with Crippen LogP contribution in [0, 0.1) is 17.8 Å². The van der Waals surface area contributed by atoms with Crippen molar-refractivity contribution in [2.24, 2.45) is 17.8 Å². The van der Waals surface area contributed by atoms with Gasteiger partial charge < -0.3 is 30.1 Å². The zero-order valence-corrected chi connectivity index (χ0v) is 29.5. The Labute approximate surface area is 291 Å². The summed E-state index contributed by atoms with van der Waals surface area (Å²) >= 11 is 0. The molecular formula is C35H45N5O9S. The summed E-state index contributed by atoms with van der Waals surface area (Å²) in [6, 6.07) is 5.05. The second-order valence-electron chi connectivity index (χ2n) is 14.6. The Hall–Kier alpha value is -4.40. The van der Waals surface area contributed by atoms with E-state index >= 15 is 0 Å². The fourth-order valence-electron chi connectivity index (χ4n) is 7.29. The van der Waals surface area contributed by atoms with Crippen LogP contribution < -0.4 is 24.8 Å². The van der Waals surface area contributed by atoms with Crippen LogP contribution in [0.4, 0.5) is 4.79 Å². The average molecular weight is 712 g/mol. The van der Waals surface area contributed by atoms with E-state index in [4.69, 9.17) is 9.47 Å². The number of fused-ring (bicyclic) bond motifs is 3. The van der Waals surface area contributed by atoms with Crippen molar-refractivity contribution in [1.29, 1.82) is 0 Å². The number of methoxy groups -OCH3 is 1. The minimum absolute atomic E-state index is 0.0127. The highest BCUT2D eigenvalue weighted by molar-refractivity contribution is 7.91. The smallest absolute Gasteiger partial charge is 0.405 e. The molecular weight excluding hydrogens is 666 g/mol. The molecule has 2 aliphatic heterocycles. The maximum Gasteiger partial charge on any atom is 0.405 e. The van der Waals surface area contributed by atoms with Gasteiger partial charge in [0.05, 0.1) is 24.6 Å². The van der Waals surface area contributed by atoms with E-state index in [9.17, 15) is 32.7 Å². The van der Waals surface area contributed by atoms with Gasteiger partial charge in [-0.1, -0.05) is 44.2 Å². The monoisotopic (exact) mass is 711 g/mol. The molecule has 3 fully saturated rings. The summed E-state index contributed by atoms with van der Waals surface area (Å²) < 4.78 is 39.2. The van der Waals surface area contributed by atoms with Crippen molar-refractivity contribution in [2.45, 2.75) is 94.2 Å². The largest absolute Gasteiger partial charge is 0.494 e. The summed E-state index contributed by atoms with van der Waals surface area (Å²) in [4.78, 5) is 60.1. The van der Waals surface area contributed by atoms with Gasteiger partial charge in [-0.2, -0.15) is 0 Å². The van der Waals surface area contributed by atoms with E-state index in [1.54, 1.807) is 6.92 Å². The standard InChI is InChI=1S/C35H45N5O9S/c1-20-9-5-6-10-22-17-35(22,32(43)39-50(46,47)34(3)13-14-34)38-29(41)26-16-23(19-40(26)31(42)28(21(2)15-20)37-33(44)45)49-30-25-12-8-7-11-24(25)27(48-4)18-36-30/h6-8,10-12,18,20-23,26,28,37H,5,9,13-17,19H2,1-4H3,(H,38,41)(H,39,43)(H,44,45)/b10-6-/t20-,21-,22-,23-,26+,28+,35-/m1/s1. The molecule has 50 heavy (non-hydrogen) atoms. The van der Waals surface area contributed by atoms with Crippen LogP contribution in [0.5, 0.6) is 11.6 Å². The first-order valence-corrected chi connectivity index (χ1v) is 18.6. The van der Waals surface area contributed by atoms with Gasteiger partial charge in [-0.3, -0.25) is 19.1 Å². The van der Waals surface area contributed by atoms with Crippen molar-refractivity contribution < 1.29 is 42.2 Å². The van der Waals surface area contributed by atoms with Gasteiger partial charge in [0.25, 0.3) is 5.91 Å². The van der Waals surface area contributed by atoms with Gasteiger partial charge in [0, 0.05) is 23.1 Å². The quantitative estimate of drug-likeness (QED) is 0.310. The predicted molar refractivity (Wildman–Crippen MR) is 183 cm³/mol. The molecule has 2 aliphatic carbocycles. The molecule has 7 atom stereocenters. The van der Waals surface area contributed by atoms with Crippen LogP contribution in [-0.2, 0) is 24.4 Å². The first kappa shape index (κ1) is 35.4. The number of ether oxygens (including phenoxy) is 2. The minimum atomic E-state index is -3.99. The maximum atomic E-state index is 14.3. The van der Waals surface area contributed by atoms with Gasteiger partial charge in [-0.15, -0.1) is 0 Å². The first-order valence-electron chi connectivity index (χ1n) is 17.1. The summed E-state index contributed by atoms with van der Waals surface area (Å²) in [5.74, 6) is -1.99. The molecule has 1 saturated heterocycles. The Morgan fingerprint density at radius 2 is 1.84 bits per heavy atom. The molecule has 2 saturated carbocycles. The lowest BCUT2D eigenvalue weighted by molar-refractivity contribution is -0.142. The molecule has 0 radical (unpaired) electrons. The number of hydrogen-bond donors (Lipinski definition) is 4. The third-order valence-corrected chi connectivity index (χ3v) is 12.9. The molecule has 0 unspecified atom stereocenters. The maximum absolute atomic E-state index is 14.3. The van der Waals surface area contributed by atoms with Crippen LogP contribution in [0.2, 0.25) is 0 Å². The van der Waals surface area contributed by atoms with E-state index in [-0.39, 0.29) is 31.2 Å². The lowest BCUT2D eigenvalue weighted by Gasteiger charge is -2.32. The Morgan fingerprint density at radius 1 is 1.12 bits per heavy atom. The Morgan fingerprint density at radius 3 is 2.52 bits per heavy atom. The fourth-order valence-corrected chi connectivity index (χ4v) is 8.60. The van der Waals surface area contributed by atoms with E-state index in [2.05, 4.69) is 20.3 Å². The summed E-state index contributed by atoms with van der Waals surface area (Å²) in [6.45, 7) is 5.36. The molecule has 4 N–H and O–H groups in total. The highest BCUT2D eigenvalue weighted by atomic mass is 32.2. The van der Waals surface area contributed by atoms with Crippen molar-refractivity contribution in [2.75, 3.05) is 13.7 Å². The number of amides is 4. The number of carbonyl (C=O) groups excluding carboxylic acids is 3. The van der Waals surface area contributed by atoms with Gasteiger partial charge in [-0.05, 0) is 63.4 Å². The number of nitrogens with one attached hydrogen (secondary N) is 3. The molecule has 270 valence electrons. The van der Waals surface area contributed by atoms with Gasteiger partial charge >= 0.3 is 6.09 Å². The van der Waals surface area contributed by atoms with Crippen molar-refractivity contribution in [3.8, 4) is 11.6 Å². The molecule has 4 amide bonds. The molecule has 3 heterocycles. The lowest BCUT2D eigenvalue weighted by Crippen LogP contribution is -2.59. The van der Waals surface area contributed by atoms with Gasteiger partial charge in [0.15, 0.2) is 0 Å². The number of allylic oxidation sites excluding steroid dienone is 1. The summed E-state index contributed by atoms with van der Waals surface area (Å²) in [6.07, 6.45) is 6.20. The number of rotatable bonds is 7. The van der Waals surface area contributed by atoms with E-state index in [0.29, 0.717) is 36.8 Å². The molecule has 4 aliphatic rings. The van der Waals surface area contributed by atoms with E-state index in [1.165, 1.54) is 18.2 Å². The third kappa shape index (κ3) is 6.83. The van der Waals surface area contributed by atoms with E-state index in [0.717, 1.165) is 11.8 Å². The van der Waals surface area contributed by atoms with Crippen LogP contribution in [0.15, 0.2) is 42.6 Å². The molecule has 15 heteroatoms. The van der Waals surface area contributed by atoms with Crippen LogP contribution in [-0.4, -0.2) is 89.4 Å². The molecule has 14 nitrogen and oxygen atoms in total. The highest BCUT2D eigenvalue weighted by Gasteiger charge is 2.63. The molecule has 0 spiro atoms. The molecule has 1 aromatic carbocycles. The lowest BCUT2D eigenvalue weighted by atomic mass is 9.88. The number of hydrogen-bond acceptors (Lipinski definition) is 9. The minimum Gasteiger partial charge on any atom is -0.494 e. The van der Waals surface area contributed by atoms with Crippen molar-refractivity contribution in [1.82, 2.24) is 25.2 Å². The highest BCUT2D eigenvalue weighted by Crippen LogP contribution is 2.47. The predicted octanol–water partition coefficient (Wildman–Crippen LogP) is 3.11. The van der Waals surface area contributed by atoms with Crippen molar-refractivity contribution in [3.63, 3.8) is 0 Å². The zero-order valence-electron chi connectivity index (χ0n) is 28.7. The first-order chi connectivity index (χ1) is 23.7. The van der Waals surface area contributed by atoms with Crippen LogP contribution >= 0.6 is 0 Å². The SMILES string of the molecule is COc1cnc(O[C@@H]2C[C@H]3C(=O)N[C@]4(C(=O)NS(=O)(=O)C5(C)CC5)C[C@H]4/C=C\CC[C@@H](C)C[C@@H](C)[C@H](NC(=O)O)C(=O)N3C2)c2ccccc12. The fraction of sp³-hybridized carbons (Fsp3) is 0.571. The Balaban J connectivity index is 1.34. The number of carboxylic acid groups (broad SMARTS) is 1. The Kier molecular flexibility index (Phi) is 9.48. The molecule has 2 aromatic rings. The van der Waals surface area contributed by atoms with Crippen LogP contribution in [0.1, 0.15) is 65.7 Å². The van der Waals surface area contributed by atoms with Crippen molar-refractivity contribution in [3.05, 3.63) is 42.6 Å². The second-order valence-corrected chi connectivity index (χ2v) is 16.8. The van der Waals surface area contributed by atoms with E-state index < -0.39 is 74.1 Å². The molecule has 0 bridgehead atoms. The number of sulfonamides is 1. The Bertz CT molecular complexity index is 1830. The summed E-state index contributed by atoms with van der Waals surface area (Å²) in [7, 11) is -2.46.